The van der Waals surface area contributed by atoms with Crippen LogP contribution in [0.2, 0.25) is 0 Å². The van der Waals surface area contributed by atoms with Crippen LogP contribution in [-0.2, 0) is 4.74 Å². The number of ether oxygens (including phenoxy) is 2. The van der Waals surface area contributed by atoms with Crippen molar-refractivity contribution in [2.75, 3.05) is 12.4 Å². The fraction of sp³-hybridized carbons (Fsp3) is 0.400. The Labute approximate surface area is 119 Å². The first-order valence-electron chi connectivity index (χ1n) is 6.25. The highest BCUT2D eigenvalue weighted by Gasteiger charge is 2.18. The molecule has 0 spiro atoms. The molecule has 1 rings (SSSR count). The number of benzene rings is 1. The zero-order valence-electron chi connectivity index (χ0n) is 12.3. The third-order valence-corrected chi connectivity index (χ3v) is 2.44. The van der Waals surface area contributed by atoms with Gasteiger partial charge >= 0.3 is 6.09 Å². The lowest BCUT2D eigenvalue weighted by Crippen LogP contribution is -2.27. The van der Waals surface area contributed by atoms with Crippen LogP contribution in [0.25, 0.3) is 0 Å². The van der Waals surface area contributed by atoms with Gasteiger partial charge in [-0.1, -0.05) is 12.1 Å². The lowest BCUT2D eigenvalue weighted by Gasteiger charge is -2.21. The van der Waals surface area contributed by atoms with Crippen LogP contribution in [0.5, 0.6) is 5.75 Å². The number of nitrogens with one attached hydrogen (secondary N) is 1. The van der Waals surface area contributed by atoms with Crippen molar-refractivity contribution in [1.29, 1.82) is 0 Å². The summed E-state index contributed by atoms with van der Waals surface area (Å²) in [7, 11) is 1.52. The molecule has 0 bridgehead atoms. The number of aliphatic hydroxyl groups excluding tert-OH is 1. The van der Waals surface area contributed by atoms with Crippen LogP contribution in [0.15, 0.2) is 30.9 Å². The van der Waals surface area contributed by atoms with E-state index in [-0.39, 0.29) is 0 Å². The van der Waals surface area contributed by atoms with Gasteiger partial charge in [0.05, 0.1) is 18.9 Å². The standard InChI is InChI=1S/C15H21NO4/c1-6-13(17)11-8-7-10(19-5)9-12(11)16-14(18)20-15(2,3)4/h6-9,13,17H,1H2,2-5H3,(H,16,18). The predicted octanol–water partition coefficient (Wildman–Crippen LogP) is 3.26. The topological polar surface area (TPSA) is 67.8 Å². The summed E-state index contributed by atoms with van der Waals surface area (Å²) < 4.78 is 10.3. The fourth-order valence-electron chi connectivity index (χ4n) is 1.57. The van der Waals surface area contributed by atoms with E-state index in [1.54, 1.807) is 39.0 Å². The summed E-state index contributed by atoms with van der Waals surface area (Å²) in [5.41, 5.74) is 0.345. The highest BCUT2D eigenvalue weighted by molar-refractivity contribution is 5.86. The number of hydrogen-bond donors (Lipinski definition) is 2. The van der Waals surface area contributed by atoms with E-state index in [0.717, 1.165) is 0 Å². The average molecular weight is 279 g/mol. The van der Waals surface area contributed by atoms with Gasteiger partial charge in [-0.15, -0.1) is 6.58 Å². The Morgan fingerprint density at radius 3 is 2.60 bits per heavy atom. The molecule has 0 aromatic heterocycles. The van der Waals surface area contributed by atoms with Gasteiger partial charge in [-0.25, -0.2) is 4.79 Å². The van der Waals surface area contributed by atoms with Crippen LogP contribution in [0.1, 0.15) is 32.4 Å². The molecular weight excluding hydrogens is 258 g/mol. The van der Waals surface area contributed by atoms with Gasteiger partial charge in [0.25, 0.3) is 0 Å². The zero-order chi connectivity index (χ0) is 15.3. The highest BCUT2D eigenvalue weighted by Crippen LogP contribution is 2.28. The molecule has 110 valence electrons. The van der Waals surface area contributed by atoms with E-state index in [1.807, 2.05) is 0 Å². The molecule has 0 aliphatic rings. The monoisotopic (exact) mass is 279 g/mol. The second-order valence-electron chi connectivity index (χ2n) is 5.26. The minimum absolute atomic E-state index is 0.422. The maximum Gasteiger partial charge on any atom is 0.412 e. The minimum Gasteiger partial charge on any atom is -0.497 e. The normalized spacial score (nSPS) is 12.4. The van der Waals surface area contributed by atoms with Crippen molar-refractivity contribution in [3.63, 3.8) is 0 Å². The zero-order valence-corrected chi connectivity index (χ0v) is 12.3. The molecule has 0 saturated carbocycles. The maximum absolute atomic E-state index is 11.8. The molecule has 0 heterocycles. The molecule has 1 unspecified atom stereocenters. The number of carbonyl (C=O) groups is 1. The summed E-state index contributed by atoms with van der Waals surface area (Å²) in [4.78, 5) is 11.8. The van der Waals surface area contributed by atoms with Gasteiger partial charge in [0, 0.05) is 11.6 Å². The number of hydrogen-bond acceptors (Lipinski definition) is 4. The van der Waals surface area contributed by atoms with Crippen molar-refractivity contribution in [3.8, 4) is 5.75 Å². The van der Waals surface area contributed by atoms with E-state index in [1.165, 1.54) is 13.2 Å². The summed E-state index contributed by atoms with van der Waals surface area (Å²) in [5, 5.41) is 12.5. The van der Waals surface area contributed by atoms with Crippen LogP contribution in [0.4, 0.5) is 10.5 Å². The van der Waals surface area contributed by atoms with Crippen molar-refractivity contribution < 1.29 is 19.4 Å². The second-order valence-corrected chi connectivity index (χ2v) is 5.26. The summed E-state index contributed by atoms with van der Waals surface area (Å²) in [6.45, 7) is 8.86. The SMILES string of the molecule is C=CC(O)c1ccc(OC)cc1NC(=O)OC(C)(C)C. The smallest absolute Gasteiger partial charge is 0.412 e. The van der Waals surface area contributed by atoms with Gasteiger partial charge in [-0.3, -0.25) is 5.32 Å². The number of anilines is 1. The summed E-state index contributed by atoms with van der Waals surface area (Å²) in [6, 6.07) is 4.98. The first-order chi connectivity index (χ1) is 9.26. The summed E-state index contributed by atoms with van der Waals surface area (Å²) in [6.07, 6.45) is -0.101. The first kappa shape index (κ1) is 16.0. The quantitative estimate of drug-likeness (QED) is 0.830. The average Bonchev–Trinajstić information content (AvgIpc) is 2.35. The molecule has 1 amide bonds. The Kier molecular flexibility index (Phi) is 5.16. The summed E-state index contributed by atoms with van der Waals surface area (Å²) in [5.74, 6) is 0.566. The third-order valence-electron chi connectivity index (χ3n) is 2.44. The molecule has 20 heavy (non-hydrogen) atoms. The fourth-order valence-corrected chi connectivity index (χ4v) is 1.57. The maximum atomic E-state index is 11.8. The molecule has 0 radical (unpaired) electrons. The van der Waals surface area contributed by atoms with E-state index < -0.39 is 17.8 Å². The lowest BCUT2D eigenvalue weighted by molar-refractivity contribution is 0.0635. The molecule has 1 aromatic rings. The van der Waals surface area contributed by atoms with Crippen molar-refractivity contribution >= 4 is 11.8 Å². The van der Waals surface area contributed by atoms with E-state index in [4.69, 9.17) is 9.47 Å². The number of rotatable bonds is 4. The number of amides is 1. The second kappa shape index (κ2) is 6.43. The van der Waals surface area contributed by atoms with Crippen LogP contribution >= 0.6 is 0 Å². The van der Waals surface area contributed by atoms with Crippen molar-refractivity contribution in [2.24, 2.45) is 0 Å². The van der Waals surface area contributed by atoms with E-state index in [0.29, 0.717) is 17.0 Å². The highest BCUT2D eigenvalue weighted by atomic mass is 16.6. The van der Waals surface area contributed by atoms with Gasteiger partial charge in [0.2, 0.25) is 0 Å². The van der Waals surface area contributed by atoms with Gasteiger partial charge in [0.1, 0.15) is 11.4 Å². The Bertz CT molecular complexity index is 491. The van der Waals surface area contributed by atoms with E-state index in [9.17, 15) is 9.90 Å². The molecule has 0 aliphatic heterocycles. The first-order valence-corrected chi connectivity index (χ1v) is 6.25. The Balaban J connectivity index is 3.01. The molecular formula is C15H21NO4. The Morgan fingerprint density at radius 2 is 2.10 bits per heavy atom. The molecule has 0 saturated heterocycles. The largest absolute Gasteiger partial charge is 0.497 e. The number of aliphatic hydroxyl groups is 1. The van der Waals surface area contributed by atoms with Gasteiger partial charge in [-0.05, 0) is 26.8 Å². The Morgan fingerprint density at radius 1 is 1.45 bits per heavy atom. The van der Waals surface area contributed by atoms with Crippen molar-refractivity contribution in [3.05, 3.63) is 36.4 Å². The summed E-state index contributed by atoms with van der Waals surface area (Å²) >= 11 is 0. The predicted molar refractivity (Wildman–Crippen MR) is 78.0 cm³/mol. The van der Waals surface area contributed by atoms with Crippen LogP contribution in [0.3, 0.4) is 0 Å². The molecule has 5 nitrogen and oxygen atoms in total. The molecule has 1 atom stereocenters. The van der Waals surface area contributed by atoms with E-state index in [2.05, 4.69) is 11.9 Å². The molecule has 0 fully saturated rings. The third kappa shape index (κ3) is 4.59. The lowest BCUT2D eigenvalue weighted by atomic mass is 10.1. The minimum atomic E-state index is -0.883. The van der Waals surface area contributed by atoms with Gasteiger partial charge < -0.3 is 14.6 Å². The number of carbonyl (C=O) groups excluding carboxylic acids is 1. The van der Waals surface area contributed by atoms with Gasteiger partial charge in [-0.2, -0.15) is 0 Å². The molecule has 1 aromatic carbocycles. The van der Waals surface area contributed by atoms with Crippen LogP contribution < -0.4 is 10.1 Å². The van der Waals surface area contributed by atoms with Gasteiger partial charge in [0.15, 0.2) is 0 Å². The molecule has 0 aliphatic carbocycles. The Hall–Kier alpha value is -2.01. The van der Waals surface area contributed by atoms with E-state index >= 15 is 0 Å². The molecule has 5 heteroatoms. The van der Waals surface area contributed by atoms with Crippen LogP contribution in [-0.4, -0.2) is 23.9 Å². The van der Waals surface area contributed by atoms with Crippen molar-refractivity contribution in [2.45, 2.75) is 32.5 Å². The van der Waals surface area contributed by atoms with Crippen molar-refractivity contribution in [1.82, 2.24) is 0 Å². The van der Waals surface area contributed by atoms with Crippen LogP contribution in [0, 0.1) is 0 Å². The number of methoxy groups -OCH3 is 1. The molecule has 2 N–H and O–H groups in total.